The highest BCUT2D eigenvalue weighted by Crippen LogP contribution is 2.26. The van der Waals surface area contributed by atoms with E-state index in [2.05, 4.69) is 20.2 Å². The van der Waals surface area contributed by atoms with Crippen molar-refractivity contribution >= 4 is 34.2 Å². The molecule has 1 saturated heterocycles. The maximum atomic E-state index is 12.8. The summed E-state index contributed by atoms with van der Waals surface area (Å²) in [6, 6.07) is 7.66. The van der Waals surface area contributed by atoms with Gasteiger partial charge in [-0.25, -0.2) is 4.98 Å². The summed E-state index contributed by atoms with van der Waals surface area (Å²) in [6.45, 7) is 1.66. The van der Waals surface area contributed by atoms with Crippen LogP contribution >= 0.6 is 11.6 Å². The molecule has 0 saturated carbocycles. The number of piperidine rings is 1. The summed E-state index contributed by atoms with van der Waals surface area (Å²) in [7, 11) is 1.87. The molecular weight excluding hydrogens is 350 g/mol. The van der Waals surface area contributed by atoms with E-state index in [9.17, 15) is 4.79 Å². The molecule has 1 aliphatic rings. The molecule has 2 aromatic heterocycles. The summed E-state index contributed by atoms with van der Waals surface area (Å²) in [5.41, 5.74) is 1.49. The normalized spacial score (nSPS) is 17.5. The molecule has 7 heteroatoms. The molecule has 26 heavy (non-hydrogen) atoms. The number of amides is 1. The minimum absolute atomic E-state index is 0.0757. The Morgan fingerprint density at radius 1 is 1.35 bits per heavy atom. The zero-order valence-corrected chi connectivity index (χ0v) is 15.3. The molecule has 1 unspecified atom stereocenters. The van der Waals surface area contributed by atoms with E-state index in [1.807, 2.05) is 35.9 Å². The summed E-state index contributed by atoms with van der Waals surface area (Å²) in [5, 5.41) is 4.78. The number of aryl methyl sites for hydroxylation is 1. The van der Waals surface area contributed by atoms with Gasteiger partial charge >= 0.3 is 0 Å². The number of aromatic nitrogens is 3. The van der Waals surface area contributed by atoms with E-state index in [-0.39, 0.29) is 11.9 Å². The van der Waals surface area contributed by atoms with Gasteiger partial charge in [0.05, 0.1) is 16.7 Å². The van der Waals surface area contributed by atoms with E-state index in [0.717, 1.165) is 42.7 Å². The van der Waals surface area contributed by atoms with Crippen LogP contribution in [-0.2, 0) is 7.05 Å². The molecule has 1 aliphatic heterocycles. The van der Waals surface area contributed by atoms with Gasteiger partial charge in [0.2, 0.25) is 0 Å². The third-order valence-corrected chi connectivity index (χ3v) is 5.17. The van der Waals surface area contributed by atoms with Crippen molar-refractivity contribution in [1.82, 2.24) is 19.9 Å². The van der Waals surface area contributed by atoms with Gasteiger partial charge in [0, 0.05) is 44.0 Å². The highest BCUT2D eigenvalue weighted by atomic mass is 35.5. The van der Waals surface area contributed by atoms with Crippen LogP contribution in [0.15, 0.2) is 42.9 Å². The van der Waals surface area contributed by atoms with Crippen LogP contribution in [0.4, 0.5) is 5.82 Å². The molecule has 1 aromatic carbocycles. The minimum atomic E-state index is -0.0780. The molecule has 0 aliphatic carbocycles. The summed E-state index contributed by atoms with van der Waals surface area (Å²) in [5.74, 6) is 0.772. The van der Waals surface area contributed by atoms with Crippen molar-refractivity contribution in [1.29, 1.82) is 0 Å². The Bertz CT molecular complexity index is 940. The second kappa shape index (κ2) is 6.96. The van der Waals surface area contributed by atoms with Crippen molar-refractivity contribution in [2.75, 3.05) is 18.0 Å². The molecule has 4 rings (SSSR count). The van der Waals surface area contributed by atoms with Gasteiger partial charge in [0.1, 0.15) is 11.5 Å². The molecule has 1 atom stereocenters. The van der Waals surface area contributed by atoms with Crippen LogP contribution in [0.2, 0.25) is 5.02 Å². The third-order valence-electron chi connectivity index (χ3n) is 4.87. The Hall–Kier alpha value is -2.60. The first-order chi connectivity index (χ1) is 12.6. The molecule has 0 radical (unpaired) electrons. The van der Waals surface area contributed by atoms with Gasteiger partial charge in [0.25, 0.3) is 5.91 Å². The Balaban J connectivity index is 1.51. The van der Waals surface area contributed by atoms with Crippen LogP contribution < -0.4 is 10.2 Å². The lowest BCUT2D eigenvalue weighted by Crippen LogP contribution is -2.48. The van der Waals surface area contributed by atoms with Gasteiger partial charge in [-0.2, -0.15) is 0 Å². The number of halogens is 1. The van der Waals surface area contributed by atoms with Gasteiger partial charge in [-0.05, 0) is 25.0 Å². The molecule has 1 amide bonds. The molecule has 1 fully saturated rings. The van der Waals surface area contributed by atoms with E-state index in [1.54, 1.807) is 18.6 Å². The number of hydrogen-bond donors (Lipinski definition) is 1. The highest BCUT2D eigenvalue weighted by Gasteiger charge is 2.24. The van der Waals surface area contributed by atoms with Gasteiger partial charge < -0.3 is 14.8 Å². The van der Waals surface area contributed by atoms with E-state index in [4.69, 9.17) is 11.6 Å². The second-order valence-corrected chi connectivity index (χ2v) is 7.00. The van der Waals surface area contributed by atoms with Crippen LogP contribution in [0, 0.1) is 0 Å². The van der Waals surface area contributed by atoms with Crippen LogP contribution in [-0.4, -0.2) is 39.6 Å². The maximum absolute atomic E-state index is 12.8. The van der Waals surface area contributed by atoms with Crippen LogP contribution in [0.1, 0.15) is 23.3 Å². The first kappa shape index (κ1) is 16.8. The van der Waals surface area contributed by atoms with E-state index >= 15 is 0 Å². The Kier molecular flexibility index (Phi) is 4.51. The number of anilines is 1. The number of nitrogens with one attached hydrogen (secondary N) is 1. The molecular formula is C19H20ClN5O. The van der Waals surface area contributed by atoms with Crippen molar-refractivity contribution in [2.24, 2.45) is 7.05 Å². The Morgan fingerprint density at radius 3 is 3.00 bits per heavy atom. The van der Waals surface area contributed by atoms with Gasteiger partial charge in [-0.15, -0.1) is 0 Å². The maximum Gasteiger partial charge on any atom is 0.268 e. The van der Waals surface area contributed by atoms with E-state index < -0.39 is 0 Å². The molecule has 1 N–H and O–H groups in total. The summed E-state index contributed by atoms with van der Waals surface area (Å²) in [6.07, 6.45) is 7.07. The first-order valence-electron chi connectivity index (χ1n) is 8.69. The second-order valence-electron chi connectivity index (χ2n) is 6.59. The number of carbonyl (C=O) groups is 1. The van der Waals surface area contributed by atoms with Crippen LogP contribution in [0.25, 0.3) is 10.9 Å². The predicted molar refractivity (Wildman–Crippen MR) is 103 cm³/mol. The monoisotopic (exact) mass is 369 g/mol. The average Bonchev–Trinajstić information content (AvgIpc) is 3.01. The number of fused-ring (bicyclic) bond motifs is 1. The summed E-state index contributed by atoms with van der Waals surface area (Å²) >= 11 is 6.29. The van der Waals surface area contributed by atoms with Crippen molar-refractivity contribution in [3.05, 3.63) is 53.6 Å². The molecule has 6 nitrogen and oxygen atoms in total. The molecule has 3 aromatic rings. The Morgan fingerprint density at radius 2 is 2.23 bits per heavy atom. The SMILES string of the molecule is Cn1c(C(=O)NC2CCCN(c3cnccn3)C2)cc2cccc(Cl)c21. The topological polar surface area (TPSA) is 63.1 Å². The number of nitrogens with zero attached hydrogens (tertiary/aromatic N) is 4. The summed E-state index contributed by atoms with van der Waals surface area (Å²) < 4.78 is 1.86. The van der Waals surface area contributed by atoms with Gasteiger partial charge in [0.15, 0.2) is 0 Å². The largest absolute Gasteiger partial charge is 0.353 e. The number of benzene rings is 1. The number of carbonyl (C=O) groups excluding carboxylic acids is 1. The van der Waals surface area contributed by atoms with Crippen molar-refractivity contribution in [2.45, 2.75) is 18.9 Å². The standard InChI is InChI=1S/C19H20ClN5O/c1-24-16(10-13-4-2-6-15(20)18(13)24)19(26)23-14-5-3-9-25(12-14)17-11-21-7-8-22-17/h2,4,6-8,10-11,14H,3,5,9,12H2,1H3,(H,23,26). The van der Waals surface area contributed by atoms with E-state index in [0.29, 0.717) is 10.7 Å². The lowest BCUT2D eigenvalue weighted by molar-refractivity contribution is 0.0925. The van der Waals surface area contributed by atoms with E-state index in [1.165, 1.54) is 0 Å². The zero-order valence-electron chi connectivity index (χ0n) is 14.5. The fraction of sp³-hybridized carbons (Fsp3) is 0.316. The highest BCUT2D eigenvalue weighted by molar-refractivity contribution is 6.35. The van der Waals surface area contributed by atoms with Gasteiger partial charge in [-0.1, -0.05) is 23.7 Å². The third kappa shape index (κ3) is 3.12. The average molecular weight is 370 g/mol. The quantitative estimate of drug-likeness (QED) is 0.770. The lowest BCUT2D eigenvalue weighted by Gasteiger charge is -2.33. The van der Waals surface area contributed by atoms with Crippen LogP contribution in [0.5, 0.6) is 0 Å². The number of hydrogen-bond acceptors (Lipinski definition) is 4. The zero-order chi connectivity index (χ0) is 18.1. The molecule has 0 bridgehead atoms. The fourth-order valence-electron chi connectivity index (χ4n) is 3.60. The molecule has 0 spiro atoms. The first-order valence-corrected chi connectivity index (χ1v) is 9.07. The fourth-order valence-corrected chi connectivity index (χ4v) is 3.91. The lowest BCUT2D eigenvalue weighted by atomic mass is 10.1. The number of para-hydroxylation sites is 1. The minimum Gasteiger partial charge on any atom is -0.353 e. The van der Waals surface area contributed by atoms with Crippen LogP contribution in [0.3, 0.4) is 0 Å². The Labute approximate surface area is 156 Å². The van der Waals surface area contributed by atoms with Crippen molar-refractivity contribution < 1.29 is 4.79 Å². The molecule has 134 valence electrons. The van der Waals surface area contributed by atoms with Crippen molar-refractivity contribution in [3.63, 3.8) is 0 Å². The number of rotatable bonds is 3. The predicted octanol–water partition coefficient (Wildman–Crippen LogP) is 3.02. The summed E-state index contributed by atoms with van der Waals surface area (Å²) in [4.78, 5) is 23.5. The smallest absolute Gasteiger partial charge is 0.268 e. The van der Waals surface area contributed by atoms with Gasteiger partial charge in [-0.3, -0.25) is 9.78 Å². The molecule has 3 heterocycles. The van der Waals surface area contributed by atoms with Crippen molar-refractivity contribution in [3.8, 4) is 0 Å².